The van der Waals surface area contributed by atoms with E-state index < -0.39 is 12.5 Å². The lowest BCUT2D eigenvalue weighted by Gasteiger charge is -2.05. The van der Waals surface area contributed by atoms with Crippen molar-refractivity contribution in [1.82, 2.24) is 5.43 Å². The Kier molecular flexibility index (Phi) is 1.41. The summed E-state index contributed by atoms with van der Waals surface area (Å²) >= 11 is 0. The Labute approximate surface area is 45.6 Å². The summed E-state index contributed by atoms with van der Waals surface area (Å²) in [7, 11) is 0. The summed E-state index contributed by atoms with van der Waals surface area (Å²) in [4.78, 5) is 0. The first-order valence-electron chi connectivity index (χ1n) is 2.36. The fourth-order valence-corrected chi connectivity index (χ4v) is 0.527. The van der Waals surface area contributed by atoms with Gasteiger partial charge in [0.25, 0.3) is 6.43 Å². The van der Waals surface area contributed by atoms with Crippen LogP contribution in [-0.2, 0) is 0 Å². The Bertz CT molecular complexity index is 94.2. The Morgan fingerprint density at radius 1 is 1.75 bits per heavy atom. The average molecular weight is 120 g/mol. The van der Waals surface area contributed by atoms with Gasteiger partial charge in [0.1, 0.15) is 6.04 Å². The van der Waals surface area contributed by atoms with Gasteiger partial charge in [-0.15, -0.1) is 0 Å². The van der Waals surface area contributed by atoms with E-state index in [9.17, 15) is 8.78 Å². The third-order valence-electron chi connectivity index (χ3n) is 0.995. The van der Waals surface area contributed by atoms with Crippen LogP contribution in [0.5, 0.6) is 0 Å². The number of hydrogen-bond acceptors (Lipinski definition) is 2. The van der Waals surface area contributed by atoms with E-state index in [2.05, 4.69) is 10.5 Å². The number of hydrogen-bond donors (Lipinski definition) is 1. The monoisotopic (exact) mass is 120 g/mol. The van der Waals surface area contributed by atoms with Crippen LogP contribution in [-0.4, -0.2) is 18.7 Å². The normalized spacial score (nSPS) is 26.6. The highest BCUT2D eigenvalue weighted by molar-refractivity contribution is 5.59. The highest BCUT2D eigenvalue weighted by atomic mass is 19.3. The van der Waals surface area contributed by atoms with Crippen molar-refractivity contribution in [3.8, 4) is 0 Å². The van der Waals surface area contributed by atoms with Gasteiger partial charge in [-0.3, -0.25) is 0 Å². The van der Waals surface area contributed by atoms with Gasteiger partial charge in [-0.2, -0.15) is 5.10 Å². The predicted molar refractivity (Wildman–Crippen MR) is 26.0 cm³/mol. The van der Waals surface area contributed by atoms with Crippen LogP contribution in [0, 0.1) is 0 Å². The molecule has 1 rings (SSSR count). The second kappa shape index (κ2) is 2.07. The summed E-state index contributed by atoms with van der Waals surface area (Å²) in [6.45, 7) is 0. The number of alkyl halides is 2. The SMILES string of the molecule is FC(F)[C@@H]1CC=NN1. The quantitative estimate of drug-likeness (QED) is 0.538. The summed E-state index contributed by atoms with van der Waals surface area (Å²) in [5, 5.41) is 3.43. The van der Waals surface area contributed by atoms with Gasteiger partial charge < -0.3 is 5.43 Å². The molecule has 0 spiro atoms. The third-order valence-corrected chi connectivity index (χ3v) is 0.995. The van der Waals surface area contributed by atoms with Gasteiger partial charge in [0.05, 0.1) is 0 Å². The number of halogens is 2. The van der Waals surface area contributed by atoms with E-state index in [4.69, 9.17) is 0 Å². The lowest BCUT2D eigenvalue weighted by Crippen LogP contribution is -2.27. The van der Waals surface area contributed by atoms with Crippen LogP contribution in [0.4, 0.5) is 8.78 Å². The van der Waals surface area contributed by atoms with E-state index in [0.29, 0.717) is 6.42 Å². The van der Waals surface area contributed by atoms with Crippen LogP contribution in [0.15, 0.2) is 5.10 Å². The summed E-state index contributed by atoms with van der Waals surface area (Å²) in [6, 6.07) is -0.741. The molecule has 0 saturated heterocycles. The maximum absolute atomic E-state index is 11.6. The van der Waals surface area contributed by atoms with Crippen LogP contribution in [0.3, 0.4) is 0 Å². The summed E-state index contributed by atoms with van der Waals surface area (Å²) in [5.41, 5.74) is 2.28. The smallest absolute Gasteiger partial charge is 0.260 e. The molecule has 0 fully saturated rings. The van der Waals surface area contributed by atoms with E-state index >= 15 is 0 Å². The molecule has 1 N–H and O–H groups in total. The fraction of sp³-hybridized carbons (Fsp3) is 0.750. The molecule has 0 aliphatic carbocycles. The molecular formula is C4H6F2N2. The molecule has 1 aliphatic heterocycles. The van der Waals surface area contributed by atoms with Gasteiger partial charge in [0.15, 0.2) is 0 Å². The zero-order valence-electron chi connectivity index (χ0n) is 4.14. The topological polar surface area (TPSA) is 24.4 Å². The Hall–Kier alpha value is -0.670. The van der Waals surface area contributed by atoms with Crippen molar-refractivity contribution in [2.75, 3.05) is 0 Å². The minimum absolute atomic E-state index is 0.345. The van der Waals surface area contributed by atoms with E-state index in [1.807, 2.05) is 0 Å². The fourth-order valence-electron chi connectivity index (χ4n) is 0.527. The largest absolute Gasteiger partial charge is 0.301 e. The second-order valence-corrected chi connectivity index (χ2v) is 1.62. The number of nitrogens with one attached hydrogen (secondary N) is 1. The molecule has 0 aromatic rings. The maximum Gasteiger partial charge on any atom is 0.260 e. The molecule has 1 heterocycles. The number of rotatable bonds is 1. The van der Waals surface area contributed by atoms with Gasteiger partial charge in [-0.1, -0.05) is 0 Å². The van der Waals surface area contributed by atoms with E-state index in [1.54, 1.807) is 0 Å². The molecule has 46 valence electrons. The third kappa shape index (κ3) is 0.936. The summed E-state index contributed by atoms with van der Waals surface area (Å²) < 4.78 is 23.2. The van der Waals surface area contributed by atoms with Crippen LogP contribution in [0.1, 0.15) is 6.42 Å². The Morgan fingerprint density at radius 2 is 2.50 bits per heavy atom. The molecule has 4 heteroatoms. The van der Waals surface area contributed by atoms with Crippen molar-refractivity contribution in [1.29, 1.82) is 0 Å². The number of nitrogens with zero attached hydrogens (tertiary/aromatic N) is 1. The predicted octanol–water partition coefficient (Wildman–Crippen LogP) is 0.599. The van der Waals surface area contributed by atoms with Crippen LogP contribution in [0.25, 0.3) is 0 Å². The zero-order chi connectivity index (χ0) is 5.98. The first kappa shape index (κ1) is 5.47. The molecule has 2 nitrogen and oxygen atoms in total. The lowest BCUT2D eigenvalue weighted by molar-refractivity contribution is 0.106. The summed E-state index contributed by atoms with van der Waals surface area (Å²) in [6.07, 6.45) is -0.494. The molecule has 0 unspecified atom stereocenters. The highest BCUT2D eigenvalue weighted by Gasteiger charge is 2.20. The highest BCUT2D eigenvalue weighted by Crippen LogP contribution is 2.06. The van der Waals surface area contributed by atoms with Gasteiger partial charge in [-0.05, 0) is 0 Å². The van der Waals surface area contributed by atoms with E-state index in [-0.39, 0.29) is 0 Å². The molecule has 0 amide bonds. The van der Waals surface area contributed by atoms with Crippen LogP contribution < -0.4 is 5.43 Å². The second-order valence-electron chi connectivity index (χ2n) is 1.62. The van der Waals surface area contributed by atoms with E-state index in [1.165, 1.54) is 6.21 Å². The minimum Gasteiger partial charge on any atom is -0.301 e. The Balaban J connectivity index is 2.29. The lowest BCUT2D eigenvalue weighted by atomic mass is 10.3. The van der Waals surface area contributed by atoms with Crippen molar-refractivity contribution in [3.63, 3.8) is 0 Å². The average Bonchev–Trinajstić information content (AvgIpc) is 2.12. The standard InChI is InChI=1S/C4H6F2N2/c5-4(6)3-1-2-7-8-3/h2-4,8H,1H2/t3-/m0/s1. The Morgan fingerprint density at radius 3 is 2.75 bits per heavy atom. The molecule has 8 heavy (non-hydrogen) atoms. The molecule has 0 aromatic heterocycles. The van der Waals surface area contributed by atoms with Gasteiger partial charge in [0.2, 0.25) is 0 Å². The molecular weight excluding hydrogens is 114 g/mol. The first-order valence-corrected chi connectivity index (χ1v) is 2.36. The van der Waals surface area contributed by atoms with Crippen molar-refractivity contribution < 1.29 is 8.78 Å². The molecule has 0 bridgehead atoms. The van der Waals surface area contributed by atoms with Crippen LogP contribution in [0.2, 0.25) is 0 Å². The molecule has 1 aliphatic rings. The van der Waals surface area contributed by atoms with Gasteiger partial charge in [0, 0.05) is 12.6 Å². The first-order chi connectivity index (χ1) is 3.80. The van der Waals surface area contributed by atoms with E-state index in [0.717, 1.165) is 0 Å². The van der Waals surface area contributed by atoms with Crippen molar-refractivity contribution in [3.05, 3.63) is 0 Å². The number of hydrazone groups is 1. The van der Waals surface area contributed by atoms with Gasteiger partial charge in [-0.25, -0.2) is 8.78 Å². The molecule has 0 aromatic carbocycles. The zero-order valence-corrected chi connectivity index (χ0v) is 4.14. The van der Waals surface area contributed by atoms with Crippen molar-refractivity contribution in [2.45, 2.75) is 18.9 Å². The molecule has 0 saturated carbocycles. The minimum atomic E-state index is -2.29. The summed E-state index contributed by atoms with van der Waals surface area (Å²) in [5.74, 6) is 0. The van der Waals surface area contributed by atoms with Gasteiger partial charge >= 0.3 is 0 Å². The van der Waals surface area contributed by atoms with Crippen molar-refractivity contribution in [2.24, 2.45) is 5.10 Å². The van der Waals surface area contributed by atoms with Crippen LogP contribution >= 0.6 is 0 Å². The molecule has 0 radical (unpaired) electrons. The van der Waals surface area contributed by atoms with Crippen molar-refractivity contribution >= 4 is 6.21 Å². The molecule has 1 atom stereocenters. The maximum atomic E-state index is 11.6.